The average Bonchev–Trinajstić information content (AvgIpc) is 2.98. The zero-order valence-corrected chi connectivity index (χ0v) is 25.2. The van der Waals surface area contributed by atoms with Crippen molar-refractivity contribution in [2.45, 2.75) is 6.61 Å². The molecular formula is C32H33NO8S. The molecule has 0 amide bonds. The molecule has 4 aromatic carbocycles. The summed E-state index contributed by atoms with van der Waals surface area (Å²) >= 11 is 0. The van der Waals surface area contributed by atoms with E-state index in [1.165, 1.54) is 27.4 Å². The third-order valence-electron chi connectivity index (χ3n) is 6.46. The molecule has 42 heavy (non-hydrogen) atoms. The quantitative estimate of drug-likeness (QED) is 0.158. The third kappa shape index (κ3) is 6.77. The molecule has 0 aromatic heterocycles. The van der Waals surface area contributed by atoms with Gasteiger partial charge < -0.3 is 28.0 Å². The van der Waals surface area contributed by atoms with Gasteiger partial charge in [-0.15, -0.1) is 0 Å². The van der Waals surface area contributed by atoms with Crippen LogP contribution in [0.1, 0.15) is 15.9 Å². The van der Waals surface area contributed by atoms with Crippen LogP contribution in [0, 0.1) is 0 Å². The lowest BCUT2D eigenvalue weighted by molar-refractivity contribution is 0.0597. The van der Waals surface area contributed by atoms with Gasteiger partial charge in [-0.25, -0.2) is 4.79 Å². The largest absolute Gasteiger partial charge is 0.496 e. The Morgan fingerprint density at radius 3 is 2.02 bits per heavy atom. The molecule has 0 N–H and O–H groups in total. The monoisotopic (exact) mass is 591 g/mol. The first-order valence-electron chi connectivity index (χ1n) is 12.9. The second kappa shape index (κ2) is 12.9. The fraction of sp³-hybridized carbons (Fsp3) is 0.219. The molecule has 0 atom stereocenters. The van der Waals surface area contributed by atoms with Gasteiger partial charge in [0.2, 0.25) is 0 Å². The summed E-state index contributed by atoms with van der Waals surface area (Å²) in [6.45, 7) is 0.187. The van der Waals surface area contributed by atoms with Crippen molar-refractivity contribution in [3.63, 3.8) is 0 Å². The molecule has 0 aliphatic rings. The van der Waals surface area contributed by atoms with Gasteiger partial charge in [-0.2, -0.15) is 8.42 Å². The Morgan fingerprint density at radius 2 is 1.45 bits per heavy atom. The highest BCUT2D eigenvalue weighted by molar-refractivity contribution is 7.86. The van der Waals surface area contributed by atoms with E-state index in [9.17, 15) is 13.2 Å². The second-order valence-corrected chi connectivity index (χ2v) is 11.1. The second-order valence-electron chi connectivity index (χ2n) is 9.57. The number of hydrogen-bond donors (Lipinski definition) is 0. The summed E-state index contributed by atoms with van der Waals surface area (Å²) in [7, 11) is 4.19. The summed E-state index contributed by atoms with van der Waals surface area (Å²) in [5.74, 6) is 0.0978. The van der Waals surface area contributed by atoms with Crippen LogP contribution in [-0.2, 0) is 21.5 Å². The number of nitrogens with zero attached hydrogens (tertiary/aromatic N) is 1. The van der Waals surface area contributed by atoms with Crippen molar-refractivity contribution in [3.8, 4) is 45.3 Å². The van der Waals surface area contributed by atoms with E-state index in [0.29, 0.717) is 22.4 Å². The molecule has 4 rings (SSSR count). The Labute approximate surface area is 246 Å². The fourth-order valence-electron chi connectivity index (χ4n) is 4.50. The lowest BCUT2D eigenvalue weighted by Gasteiger charge is -2.21. The van der Waals surface area contributed by atoms with E-state index in [1.807, 2.05) is 73.6 Å². The molecule has 0 spiro atoms. The molecule has 0 aliphatic heterocycles. The molecule has 0 saturated carbocycles. The molecule has 9 nitrogen and oxygen atoms in total. The standard InChI is InChI=1S/C32H33NO8S/c1-33(2)24-15-12-22(13-16-24)25-19-28(37-3)29(30(31(25)38-4)32(34)39-5)23-14-17-26(27(18-23)41-42(6,35)36)40-20-21-10-8-7-9-11-21/h7-19H,20H2,1-6H3. The highest BCUT2D eigenvalue weighted by Crippen LogP contribution is 2.47. The molecule has 0 bridgehead atoms. The summed E-state index contributed by atoms with van der Waals surface area (Å²) in [4.78, 5) is 15.3. The van der Waals surface area contributed by atoms with Gasteiger partial charge in [-0.3, -0.25) is 0 Å². The van der Waals surface area contributed by atoms with Gasteiger partial charge in [0.1, 0.15) is 23.7 Å². The first-order chi connectivity index (χ1) is 20.1. The van der Waals surface area contributed by atoms with Crippen LogP contribution in [0.25, 0.3) is 22.3 Å². The van der Waals surface area contributed by atoms with Crippen molar-refractivity contribution in [1.29, 1.82) is 0 Å². The SMILES string of the molecule is COC(=O)c1c(OC)c(-c2ccc(N(C)C)cc2)cc(OC)c1-c1ccc(OCc2ccccc2)c(OS(C)(=O)=O)c1. The van der Waals surface area contributed by atoms with Gasteiger partial charge in [-0.1, -0.05) is 48.5 Å². The topological polar surface area (TPSA) is 101 Å². The van der Waals surface area contributed by atoms with Crippen LogP contribution in [0.2, 0.25) is 0 Å². The minimum absolute atomic E-state index is 0.0499. The number of ether oxygens (including phenoxy) is 4. The Hall–Kier alpha value is -4.70. The smallest absolute Gasteiger partial charge is 0.342 e. The van der Waals surface area contributed by atoms with Crippen LogP contribution < -0.4 is 23.3 Å². The molecule has 4 aromatic rings. The summed E-state index contributed by atoms with van der Waals surface area (Å²) in [6.07, 6.45) is 0.945. The summed E-state index contributed by atoms with van der Waals surface area (Å²) in [6, 6.07) is 23.7. The van der Waals surface area contributed by atoms with Crippen LogP contribution >= 0.6 is 0 Å². The van der Waals surface area contributed by atoms with E-state index in [0.717, 1.165) is 23.1 Å². The number of rotatable bonds is 11. The minimum Gasteiger partial charge on any atom is -0.496 e. The maximum Gasteiger partial charge on any atom is 0.342 e. The molecule has 220 valence electrons. The van der Waals surface area contributed by atoms with Gasteiger partial charge in [0.25, 0.3) is 0 Å². The van der Waals surface area contributed by atoms with Gasteiger partial charge in [0.05, 0.1) is 27.6 Å². The van der Waals surface area contributed by atoms with E-state index < -0.39 is 16.1 Å². The molecule has 0 fully saturated rings. The van der Waals surface area contributed by atoms with Crippen molar-refractivity contribution >= 4 is 21.8 Å². The van der Waals surface area contributed by atoms with E-state index in [-0.39, 0.29) is 29.4 Å². The van der Waals surface area contributed by atoms with Crippen LogP contribution in [0.4, 0.5) is 5.69 Å². The van der Waals surface area contributed by atoms with E-state index in [4.69, 9.17) is 23.1 Å². The molecule has 0 saturated heterocycles. The van der Waals surface area contributed by atoms with E-state index in [1.54, 1.807) is 18.2 Å². The lowest BCUT2D eigenvalue weighted by atomic mass is 9.92. The van der Waals surface area contributed by atoms with Crippen molar-refractivity contribution < 1.29 is 36.3 Å². The average molecular weight is 592 g/mol. The Bertz CT molecular complexity index is 1670. The highest BCUT2D eigenvalue weighted by Gasteiger charge is 2.28. The first kappa shape index (κ1) is 30.3. The number of hydrogen-bond acceptors (Lipinski definition) is 9. The molecular weight excluding hydrogens is 558 g/mol. The van der Waals surface area contributed by atoms with Crippen molar-refractivity contribution in [2.24, 2.45) is 0 Å². The molecule has 0 heterocycles. The fourth-order valence-corrected chi connectivity index (χ4v) is 4.95. The normalized spacial score (nSPS) is 11.0. The van der Waals surface area contributed by atoms with Gasteiger partial charge in [0, 0.05) is 30.9 Å². The van der Waals surface area contributed by atoms with Gasteiger partial charge >= 0.3 is 16.1 Å². The van der Waals surface area contributed by atoms with Gasteiger partial charge in [-0.05, 0) is 47.0 Å². The summed E-state index contributed by atoms with van der Waals surface area (Å²) in [5.41, 5.74) is 4.16. The van der Waals surface area contributed by atoms with Crippen LogP contribution in [0.5, 0.6) is 23.0 Å². The number of benzene rings is 4. The Morgan fingerprint density at radius 1 is 0.786 bits per heavy atom. The third-order valence-corrected chi connectivity index (χ3v) is 6.94. The minimum atomic E-state index is -3.92. The predicted octanol–water partition coefficient (Wildman–Crippen LogP) is 5.81. The Kier molecular flexibility index (Phi) is 9.27. The first-order valence-corrected chi connectivity index (χ1v) is 14.7. The molecule has 0 unspecified atom stereocenters. The lowest BCUT2D eigenvalue weighted by Crippen LogP contribution is -2.10. The van der Waals surface area contributed by atoms with Crippen molar-refractivity contribution in [3.05, 3.63) is 90.0 Å². The maximum absolute atomic E-state index is 13.3. The molecule has 0 aliphatic carbocycles. The van der Waals surface area contributed by atoms with Crippen molar-refractivity contribution in [1.82, 2.24) is 0 Å². The summed E-state index contributed by atoms with van der Waals surface area (Å²) in [5, 5.41) is 0. The maximum atomic E-state index is 13.3. The zero-order chi connectivity index (χ0) is 30.4. The van der Waals surface area contributed by atoms with Gasteiger partial charge in [0.15, 0.2) is 11.5 Å². The van der Waals surface area contributed by atoms with E-state index >= 15 is 0 Å². The van der Waals surface area contributed by atoms with Crippen LogP contribution in [0.15, 0.2) is 78.9 Å². The van der Waals surface area contributed by atoms with Crippen molar-refractivity contribution in [2.75, 3.05) is 46.6 Å². The van der Waals surface area contributed by atoms with Crippen LogP contribution in [-0.4, -0.2) is 56.1 Å². The van der Waals surface area contributed by atoms with E-state index in [2.05, 4.69) is 0 Å². The number of carbonyl (C=O) groups excluding carboxylic acids is 1. The summed E-state index contributed by atoms with van der Waals surface area (Å²) < 4.78 is 52.4. The van der Waals surface area contributed by atoms with Crippen LogP contribution in [0.3, 0.4) is 0 Å². The number of esters is 1. The Balaban J connectivity index is 1.91. The predicted molar refractivity (Wildman–Crippen MR) is 162 cm³/mol. The number of carbonyl (C=O) groups is 1. The molecule has 0 radical (unpaired) electrons. The number of anilines is 1. The number of methoxy groups -OCH3 is 3. The zero-order valence-electron chi connectivity index (χ0n) is 24.3. The molecule has 10 heteroatoms. The highest BCUT2D eigenvalue weighted by atomic mass is 32.2.